The van der Waals surface area contributed by atoms with Crippen LogP contribution in [0.15, 0.2) is 18.2 Å². The lowest BCUT2D eigenvalue weighted by atomic mass is 10.1. The summed E-state index contributed by atoms with van der Waals surface area (Å²) in [7, 11) is 1.55. The Morgan fingerprint density at radius 3 is 2.52 bits per heavy atom. The van der Waals surface area contributed by atoms with Gasteiger partial charge in [-0.15, -0.1) is 0 Å². The Kier molecular flexibility index (Phi) is 6.02. The van der Waals surface area contributed by atoms with E-state index in [9.17, 15) is 18.0 Å². The largest absolute Gasteiger partial charge is 0.416 e. The molecule has 0 radical (unpaired) electrons. The zero-order valence-corrected chi connectivity index (χ0v) is 12.0. The van der Waals surface area contributed by atoms with Crippen molar-refractivity contribution in [1.82, 2.24) is 4.90 Å². The van der Waals surface area contributed by atoms with Crippen LogP contribution in [0.1, 0.15) is 29.3 Å². The molecular weight excluding hydrogens is 285 g/mol. The minimum absolute atomic E-state index is 0.0212. The van der Waals surface area contributed by atoms with E-state index in [1.54, 1.807) is 14.0 Å². The first-order valence-corrected chi connectivity index (χ1v) is 6.64. The van der Waals surface area contributed by atoms with E-state index in [1.807, 2.05) is 0 Å². The first kappa shape index (κ1) is 17.3. The number of nitrogens with zero attached hydrogens (tertiary/aromatic N) is 1. The van der Waals surface area contributed by atoms with Gasteiger partial charge < -0.3 is 15.3 Å². The number of rotatable bonds is 6. The standard InChI is InChI=1S/C14H19F3N2O2/c1-3-19(7-4-8-20)13(21)11-9-10(14(15,16)17)5-6-12(11)18-2/h5-6,9,18,20H,3-4,7-8H2,1-2H3. The maximum atomic E-state index is 12.8. The fourth-order valence-corrected chi connectivity index (χ4v) is 1.95. The summed E-state index contributed by atoms with van der Waals surface area (Å²) in [5.41, 5.74) is -0.536. The SMILES string of the molecule is CCN(CCCO)C(=O)c1cc(C(F)(F)F)ccc1NC. The summed E-state index contributed by atoms with van der Waals surface area (Å²) in [4.78, 5) is 13.8. The van der Waals surface area contributed by atoms with Gasteiger partial charge in [0.05, 0.1) is 11.1 Å². The molecule has 0 fully saturated rings. The van der Waals surface area contributed by atoms with E-state index in [1.165, 1.54) is 11.0 Å². The molecule has 1 rings (SSSR count). The molecule has 0 saturated heterocycles. The van der Waals surface area contributed by atoms with Crippen LogP contribution in [0.25, 0.3) is 0 Å². The lowest BCUT2D eigenvalue weighted by Crippen LogP contribution is -2.33. The van der Waals surface area contributed by atoms with Crippen LogP contribution in [-0.2, 0) is 6.18 Å². The maximum Gasteiger partial charge on any atom is 0.416 e. The average Bonchev–Trinajstić information content (AvgIpc) is 2.46. The van der Waals surface area contributed by atoms with Gasteiger partial charge in [-0.2, -0.15) is 13.2 Å². The van der Waals surface area contributed by atoms with E-state index >= 15 is 0 Å². The van der Waals surface area contributed by atoms with Crippen molar-refractivity contribution in [3.63, 3.8) is 0 Å². The van der Waals surface area contributed by atoms with E-state index in [2.05, 4.69) is 5.32 Å². The summed E-state index contributed by atoms with van der Waals surface area (Å²) in [6, 6.07) is 3.04. The summed E-state index contributed by atoms with van der Waals surface area (Å²) >= 11 is 0. The molecular formula is C14H19F3N2O2. The smallest absolute Gasteiger partial charge is 0.396 e. The topological polar surface area (TPSA) is 52.6 Å². The normalized spacial score (nSPS) is 11.3. The molecule has 118 valence electrons. The summed E-state index contributed by atoms with van der Waals surface area (Å²) in [5, 5.41) is 11.5. The monoisotopic (exact) mass is 304 g/mol. The van der Waals surface area contributed by atoms with E-state index in [4.69, 9.17) is 5.11 Å². The Bertz CT molecular complexity index is 490. The molecule has 0 spiro atoms. The van der Waals surface area contributed by atoms with Gasteiger partial charge in [-0.25, -0.2) is 0 Å². The van der Waals surface area contributed by atoms with E-state index in [0.717, 1.165) is 12.1 Å². The van der Waals surface area contributed by atoms with Crippen LogP contribution in [0.4, 0.5) is 18.9 Å². The number of hydrogen-bond donors (Lipinski definition) is 2. The van der Waals surface area contributed by atoms with E-state index < -0.39 is 17.6 Å². The van der Waals surface area contributed by atoms with Crippen molar-refractivity contribution in [2.75, 3.05) is 32.1 Å². The number of carbonyl (C=O) groups excluding carboxylic acids is 1. The molecule has 0 aliphatic heterocycles. The van der Waals surface area contributed by atoms with Crippen LogP contribution in [0, 0.1) is 0 Å². The maximum absolute atomic E-state index is 12.8. The number of anilines is 1. The summed E-state index contributed by atoms with van der Waals surface area (Å²) < 4.78 is 38.3. The lowest BCUT2D eigenvalue weighted by molar-refractivity contribution is -0.137. The summed E-state index contributed by atoms with van der Waals surface area (Å²) in [6.45, 7) is 2.32. The number of benzene rings is 1. The van der Waals surface area contributed by atoms with Gasteiger partial charge in [-0.05, 0) is 31.5 Å². The minimum atomic E-state index is -4.50. The van der Waals surface area contributed by atoms with Crippen molar-refractivity contribution in [3.05, 3.63) is 29.3 Å². The molecule has 0 saturated carbocycles. The fraction of sp³-hybridized carbons (Fsp3) is 0.500. The van der Waals surface area contributed by atoms with E-state index in [-0.39, 0.29) is 12.2 Å². The Balaban J connectivity index is 3.16. The van der Waals surface area contributed by atoms with Gasteiger partial charge >= 0.3 is 6.18 Å². The molecule has 0 aromatic heterocycles. The molecule has 0 aliphatic rings. The zero-order chi connectivity index (χ0) is 16.0. The van der Waals surface area contributed by atoms with Gasteiger partial charge in [-0.3, -0.25) is 4.79 Å². The van der Waals surface area contributed by atoms with Gasteiger partial charge in [0.25, 0.3) is 5.91 Å². The Morgan fingerprint density at radius 1 is 1.38 bits per heavy atom. The van der Waals surface area contributed by atoms with Crippen LogP contribution >= 0.6 is 0 Å². The molecule has 2 N–H and O–H groups in total. The number of halogens is 3. The van der Waals surface area contributed by atoms with Gasteiger partial charge in [-0.1, -0.05) is 0 Å². The highest BCUT2D eigenvalue weighted by Gasteiger charge is 2.32. The molecule has 0 atom stereocenters. The molecule has 7 heteroatoms. The van der Waals surface area contributed by atoms with E-state index in [0.29, 0.717) is 25.2 Å². The number of aliphatic hydroxyl groups is 1. The second kappa shape index (κ2) is 7.31. The number of nitrogens with one attached hydrogen (secondary N) is 1. The van der Waals surface area contributed by atoms with Crippen LogP contribution in [0.3, 0.4) is 0 Å². The highest BCUT2D eigenvalue weighted by atomic mass is 19.4. The predicted molar refractivity (Wildman–Crippen MR) is 74.3 cm³/mol. The Hall–Kier alpha value is -1.76. The third-order valence-corrected chi connectivity index (χ3v) is 3.10. The molecule has 4 nitrogen and oxygen atoms in total. The Labute approximate surface area is 121 Å². The first-order valence-electron chi connectivity index (χ1n) is 6.64. The van der Waals surface area contributed by atoms with Gasteiger partial charge in [0.1, 0.15) is 0 Å². The molecule has 1 aromatic rings. The second-order valence-corrected chi connectivity index (χ2v) is 4.47. The third kappa shape index (κ3) is 4.35. The number of carbonyl (C=O) groups is 1. The van der Waals surface area contributed by atoms with Crippen molar-refractivity contribution in [3.8, 4) is 0 Å². The first-order chi connectivity index (χ1) is 9.85. The van der Waals surface area contributed by atoms with Gasteiger partial charge in [0, 0.05) is 32.4 Å². The summed E-state index contributed by atoms with van der Waals surface area (Å²) in [5.74, 6) is -0.485. The van der Waals surface area contributed by atoms with Crippen LogP contribution < -0.4 is 5.32 Å². The number of aliphatic hydroxyl groups excluding tert-OH is 1. The highest BCUT2D eigenvalue weighted by molar-refractivity contribution is 5.99. The predicted octanol–water partition coefficient (Wildman–Crippen LogP) is 2.59. The number of hydrogen-bond acceptors (Lipinski definition) is 3. The van der Waals surface area contributed by atoms with Gasteiger partial charge in [0.15, 0.2) is 0 Å². The second-order valence-electron chi connectivity index (χ2n) is 4.47. The van der Waals surface area contributed by atoms with Crippen molar-refractivity contribution in [1.29, 1.82) is 0 Å². The minimum Gasteiger partial charge on any atom is -0.396 e. The van der Waals surface area contributed by atoms with Crippen molar-refractivity contribution < 1.29 is 23.1 Å². The quantitative estimate of drug-likeness (QED) is 0.849. The van der Waals surface area contributed by atoms with Crippen molar-refractivity contribution in [2.45, 2.75) is 19.5 Å². The van der Waals surface area contributed by atoms with Crippen LogP contribution in [0.2, 0.25) is 0 Å². The Morgan fingerprint density at radius 2 is 2.05 bits per heavy atom. The zero-order valence-electron chi connectivity index (χ0n) is 12.0. The van der Waals surface area contributed by atoms with Crippen molar-refractivity contribution in [2.24, 2.45) is 0 Å². The molecule has 1 amide bonds. The van der Waals surface area contributed by atoms with Gasteiger partial charge in [0.2, 0.25) is 0 Å². The summed E-state index contributed by atoms with van der Waals surface area (Å²) in [6.07, 6.45) is -4.11. The lowest BCUT2D eigenvalue weighted by Gasteiger charge is -2.22. The van der Waals surface area contributed by atoms with Crippen molar-refractivity contribution >= 4 is 11.6 Å². The third-order valence-electron chi connectivity index (χ3n) is 3.10. The molecule has 0 unspecified atom stereocenters. The average molecular weight is 304 g/mol. The molecule has 21 heavy (non-hydrogen) atoms. The molecule has 1 aromatic carbocycles. The number of amides is 1. The molecule has 0 heterocycles. The van der Waals surface area contributed by atoms with Crippen LogP contribution in [-0.4, -0.2) is 42.7 Å². The fourth-order valence-electron chi connectivity index (χ4n) is 1.95. The van der Waals surface area contributed by atoms with Crippen LogP contribution in [0.5, 0.6) is 0 Å². The molecule has 0 aliphatic carbocycles. The molecule has 0 bridgehead atoms. The highest BCUT2D eigenvalue weighted by Crippen LogP contribution is 2.32. The number of alkyl halides is 3.